The first kappa shape index (κ1) is 18.0. The fourth-order valence-electron chi connectivity index (χ4n) is 4.34. The summed E-state index contributed by atoms with van der Waals surface area (Å²) in [5.74, 6) is 0.757. The third-order valence-electron chi connectivity index (χ3n) is 6.00. The van der Waals surface area contributed by atoms with Crippen molar-refractivity contribution < 1.29 is 9.53 Å². The molecule has 2 bridgehead atoms. The Labute approximate surface area is 160 Å². The standard InChI is InChI=1S/C21H28N4O2/c1-14-4-5-15(2)20(10-14)27-13-25-9-8-19(23-25)21(26)22-16-11-17-6-7-18(12-16)24(17)3/h4-5,8-10,16-18H,6-7,11-13H2,1-3H3,(H,22,26). The highest BCUT2D eigenvalue weighted by molar-refractivity contribution is 5.92. The summed E-state index contributed by atoms with van der Waals surface area (Å²) in [6.45, 7) is 4.35. The molecular weight excluding hydrogens is 340 g/mol. The molecule has 2 aromatic rings. The summed E-state index contributed by atoms with van der Waals surface area (Å²) in [6, 6.07) is 9.35. The number of amides is 1. The first-order valence-corrected chi connectivity index (χ1v) is 9.76. The number of nitrogens with zero attached hydrogens (tertiary/aromatic N) is 3. The van der Waals surface area contributed by atoms with Crippen LogP contribution >= 0.6 is 0 Å². The molecule has 1 N–H and O–H groups in total. The van der Waals surface area contributed by atoms with E-state index in [2.05, 4.69) is 28.4 Å². The fraction of sp³-hybridized carbons (Fsp3) is 0.524. The number of piperidine rings is 1. The molecule has 1 aromatic carbocycles. The Hall–Kier alpha value is -2.34. The molecule has 6 nitrogen and oxygen atoms in total. The molecule has 0 radical (unpaired) electrons. The van der Waals surface area contributed by atoms with Gasteiger partial charge in [0.2, 0.25) is 0 Å². The van der Waals surface area contributed by atoms with E-state index in [1.807, 2.05) is 26.0 Å². The van der Waals surface area contributed by atoms with Gasteiger partial charge in [0, 0.05) is 24.3 Å². The number of aryl methyl sites for hydroxylation is 2. The van der Waals surface area contributed by atoms with Gasteiger partial charge in [0.05, 0.1) is 0 Å². The predicted molar refractivity (Wildman–Crippen MR) is 104 cm³/mol. The van der Waals surface area contributed by atoms with Crippen molar-refractivity contribution in [2.75, 3.05) is 7.05 Å². The molecule has 2 aliphatic rings. The first-order chi connectivity index (χ1) is 13.0. The van der Waals surface area contributed by atoms with Crippen LogP contribution in [0.25, 0.3) is 0 Å². The molecule has 2 saturated heterocycles. The van der Waals surface area contributed by atoms with Crippen molar-refractivity contribution in [1.82, 2.24) is 20.0 Å². The summed E-state index contributed by atoms with van der Waals surface area (Å²) < 4.78 is 7.52. The summed E-state index contributed by atoms with van der Waals surface area (Å²) >= 11 is 0. The van der Waals surface area contributed by atoms with Crippen LogP contribution in [0, 0.1) is 13.8 Å². The predicted octanol–water partition coefficient (Wildman–Crippen LogP) is 2.89. The van der Waals surface area contributed by atoms with Crippen LogP contribution in [0.4, 0.5) is 0 Å². The summed E-state index contributed by atoms with van der Waals surface area (Å²) in [5, 5.41) is 7.56. The summed E-state index contributed by atoms with van der Waals surface area (Å²) in [6.07, 6.45) is 6.36. The second-order valence-electron chi connectivity index (χ2n) is 7.98. The molecule has 0 saturated carbocycles. The minimum atomic E-state index is -0.0885. The molecule has 0 spiro atoms. The highest BCUT2D eigenvalue weighted by Crippen LogP contribution is 2.34. The number of hydrogen-bond donors (Lipinski definition) is 1. The first-order valence-electron chi connectivity index (χ1n) is 9.76. The summed E-state index contributed by atoms with van der Waals surface area (Å²) in [5.41, 5.74) is 2.69. The van der Waals surface area contributed by atoms with Crippen LogP contribution in [0.15, 0.2) is 30.5 Å². The van der Waals surface area contributed by atoms with Gasteiger partial charge in [-0.15, -0.1) is 0 Å². The van der Waals surface area contributed by atoms with Gasteiger partial charge in [-0.3, -0.25) is 4.79 Å². The maximum absolute atomic E-state index is 12.6. The molecule has 2 aliphatic heterocycles. The number of nitrogens with one attached hydrogen (secondary N) is 1. The van der Waals surface area contributed by atoms with Gasteiger partial charge >= 0.3 is 0 Å². The minimum absolute atomic E-state index is 0.0885. The second kappa shape index (κ2) is 7.35. The third-order valence-corrected chi connectivity index (χ3v) is 6.00. The van der Waals surface area contributed by atoms with Crippen LogP contribution in [-0.4, -0.2) is 45.8 Å². The quantitative estimate of drug-likeness (QED) is 0.882. The number of carbonyl (C=O) groups is 1. The monoisotopic (exact) mass is 368 g/mol. The lowest BCUT2D eigenvalue weighted by molar-refractivity contribution is 0.0875. The number of aromatic nitrogens is 2. The SMILES string of the molecule is Cc1ccc(C)c(OCn2ccc(C(=O)NC3CC4CCC(C3)N4C)n2)c1. The Bertz CT molecular complexity index is 817. The number of rotatable bonds is 5. The zero-order valence-corrected chi connectivity index (χ0v) is 16.3. The van der Waals surface area contributed by atoms with Gasteiger partial charge in [-0.1, -0.05) is 12.1 Å². The van der Waals surface area contributed by atoms with E-state index in [9.17, 15) is 4.79 Å². The lowest BCUT2D eigenvalue weighted by atomic mass is 9.98. The van der Waals surface area contributed by atoms with E-state index in [1.165, 1.54) is 12.8 Å². The average molecular weight is 368 g/mol. The molecule has 1 aromatic heterocycles. The molecule has 1 amide bonds. The molecular formula is C21H28N4O2. The molecule has 2 fully saturated rings. The molecule has 27 heavy (non-hydrogen) atoms. The van der Waals surface area contributed by atoms with Crippen molar-refractivity contribution in [3.05, 3.63) is 47.3 Å². The van der Waals surface area contributed by atoms with Crippen LogP contribution in [0.3, 0.4) is 0 Å². The van der Waals surface area contributed by atoms with E-state index >= 15 is 0 Å². The van der Waals surface area contributed by atoms with Crippen molar-refractivity contribution in [2.45, 2.75) is 64.4 Å². The van der Waals surface area contributed by atoms with Gasteiger partial charge in [0.25, 0.3) is 5.91 Å². The minimum Gasteiger partial charge on any atom is -0.471 e. The third kappa shape index (κ3) is 3.86. The Morgan fingerprint density at radius 3 is 2.70 bits per heavy atom. The molecule has 2 atom stereocenters. The zero-order chi connectivity index (χ0) is 19.0. The van der Waals surface area contributed by atoms with E-state index in [-0.39, 0.29) is 18.7 Å². The Morgan fingerprint density at radius 1 is 1.22 bits per heavy atom. The lowest BCUT2D eigenvalue weighted by Gasteiger charge is -2.36. The largest absolute Gasteiger partial charge is 0.471 e. The number of hydrogen-bond acceptors (Lipinski definition) is 4. The van der Waals surface area contributed by atoms with Crippen LogP contribution in [0.1, 0.15) is 47.3 Å². The van der Waals surface area contributed by atoms with Crippen molar-refractivity contribution in [3.8, 4) is 5.75 Å². The Morgan fingerprint density at radius 2 is 1.96 bits per heavy atom. The van der Waals surface area contributed by atoms with E-state index < -0.39 is 0 Å². The van der Waals surface area contributed by atoms with Crippen LogP contribution in [-0.2, 0) is 6.73 Å². The number of ether oxygens (including phenoxy) is 1. The zero-order valence-electron chi connectivity index (χ0n) is 16.3. The van der Waals surface area contributed by atoms with Crippen molar-refractivity contribution in [1.29, 1.82) is 0 Å². The van der Waals surface area contributed by atoms with Crippen molar-refractivity contribution in [3.63, 3.8) is 0 Å². The van der Waals surface area contributed by atoms with Gasteiger partial charge in [-0.2, -0.15) is 5.10 Å². The van der Waals surface area contributed by atoms with Crippen LogP contribution < -0.4 is 10.1 Å². The molecule has 4 rings (SSSR count). The topological polar surface area (TPSA) is 59.4 Å². The van der Waals surface area contributed by atoms with E-state index in [0.29, 0.717) is 17.8 Å². The summed E-state index contributed by atoms with van der Waals surface area (Å²) in [7, 11) is 2.21. The molecule has 3 heterocycles. The van der Waals surface area contributed by atoms with Gasteiger partial charge in [-0.05, 0) is 69.8 Å². The Balaban J connectivity index is 1.33. The normalized spacial score (nSPS) is 24.8. The molecule has 2 unspecified atom stereocenters. The maximum atomic E-state index is 12.6. The van der Waals surface area contributed by atoms with E-state index in [0.717, 1.165) is 29.7 Å². The van der Waals surface area contributed by atoms with Gasteiger partial charge < -0.3 is 15.0 Å². The fourth-order valence-corrected chi connectivity index (χ4v) is 4.34. The highest BCUT2D eigenvalue weighted by Gasteiger charge is 2.38. The van der Waals surface area contributed by atoms with E-state index in [1.54, 1.807) is 16.9 Å². The number of carbonyl (C=O) groups excluding carboxylic acids is 1. The molecule has 144 valence electrons. The second-order valence-corrected chi connectivity index (χ2v) is 7.98. The van der Waals surface area contributed by atoms with Crippen LogP contribution in [0.2, 0.25) is 0 Å². The van der Waals surface area contributed by atoms with Crippen molar-refractivity contribution >= 4 is 5.91 Å². The van der Waals surface area contributed by atoms with Crippen LogP contribution in [0.5, 0.6) is 5.75 Å². The average Bonchev–Trinajstić information content (AvgIpc) is 3.18. The van der Waals surface area contributed by atoms with Gasteiger partial charge in [0.15, 0.2) is 6.73 Å². The maximum Gasteiger partial charge on any atom is 0.271 e. The molecule has 6 heteroatoms. The van der Waals surface area contributed by atoms with Gasteiger partial charge in [0.1, 0.15) is 11.4 Å². The smallest absolute Gasteiger partial charge is 0.271 e. The highest BCUT2D eigenvalue weighted by atomic mass is 16.5. The summed E-state index contributed by atoms with van der Waals surface area (Å²) in [4.78, 5) is 15.0. The van der Waals surface area contributed by atoms with Crippen molar-refractivity contribution in [2.24, 2.45) is 0 Å². The number of benzene rings is 1. The van der Waals surface area contributed by atoms with Gasteiger partial charge in [-0.25, -0.2) is 4.68 Å². The van der Waals surface area contributed by atoms with E-state index in [4.69, 9.17) is 4.74 Å². The molecule has 0 aliphatic carbocycles. The Kier molecular flexibility index (Phi) is 4.91. The number of fused-ring (bicyclic) bond motifs is 2. The lowest BCUT2D eigenvalue weighted by Crippen LogP contribution is -2.48.